The molecule has 5 heteroatoms. The van der Waals surface area contributed by atoms with Crippen molar-refractivity contribution in [2.45, 2.75) is 205 Å². The van der Waals surface area contributed by atoms with Gasteiger partial charge in [0.2, 0.25) is 0 Å². The third-order valence-corrected chi connectivity index (χ3v) is 20.2. The summed E-state index contributed by atoms with van der Waals surface area (Å²) in [5.74, 6) is 0. The van der Waals surface area contributed by atoms with Crippen LogP contribution < -0.4 is 0 Å². The lowest BCUT2D eigenvalue weighted by atomic mass is 9.95. The molecule has 758 valence electrons. The van der Waals surface area contributed by atoms with E-state index in [4.69, 9.17) is 25.5 Å². The van der Waals surface area contributed by atoms with E-state index in [1.54, 1.807) is 0 Å². The maximum atomic E-state index is 7.00. The van der Waals surface area contributed by atoms with E-state index in [-0.39, 0.29) is 0 Å². The molecule has 0 radical (unpaired) electrons. The molecule has 21 aromatic carbocycles. The van der Waals surface area contributed by atoms with Crippen molar-refractivity contribution in [1.82, 2.24) is 0 Å². The molecule has 5 N–H and O–H groups in total. The van der Waals surface area contributed by atoms with Gasteiger partial charge in [-0.25, -0.2) is 0 Å². The maximum absolute atomic E-state index is 7.00. The topological polar surface area (TPSA) is 101 Å². The standard InChI is InChI=1S/C16H10.2C14H10.2C12H12.2C10H8.3C8H10.10C2H6.5CH4O/c1-3-11-7-9-13-5-2-6-14-10-8-12(4-1)15(11)16(13)14;2*1-2-6-12-10-14-8-4-3-7-13(14)9-11(12)5-1;2*1-2-10-7-5-8-11-6-3-4-9-12(10)11;2*1-2-6-10-8-4-3-7-9(10)5-1;3*1-2-8-6-4-3-5-7-8;15*1-2/h1-10H;2*1-10H;2*3-9H,2H2,1H3;2*1-8H;3*3-7H,2H2,1H3;10*1-2H3;5*2H,1H3. The Kier molecular flexibility index (Phi) is 89.1. The summed E-state index contributed by atoms with van der Waals surface area (Å²) in [5, 5.41) is 64.3. The van der Waals surface area contributed by atoms with Gasteiger partial charge in [-0.05, 0) is 203 Å². The summed E-state index contributed by atoms with van der Waals surface area (Å²) in [5.41, 5.74) is 7.11. The van der Waals surface area contributed by atoms with Gasteiger partial charge in [-0.3, -0.25) is 0 Å². The second kappa shape index (κ2) is 93.8. The molecule has 0 aliphatic heterocycles. The van der Waals surface area contributed by atoms with Gasteiger partial charge in [0.15, 0.2) is 0 Å². The van der Waals surface area contributed by atoms with Crippen molar-refractivity contribution in [2.24, 2.45) is 0 Å². The van der Waals surface area contributed by atoms with Crippen molar-refractivity contribution in [1.29, 1.82) is 0 Å². The smallest absolute Gasteiger partial charge is 0.0319 e. The zero-order valence-corrected chi connectivity index (χ0v) is 92.6. The Bertz CT molecular complexity index is 5550. The fraction of sp³-hybridized carbons (Fsp3) is 0.255. The third-order valence-electron chi connectivity index (χ3n) is 20.2. The van der Waals surface area contributed by atoms with E-state index >= 15 is 0 Å². The van der Waals surface area contributed by atoms with Gasteiger partial charge in [-0.15, -0.1) is 0 Å². The highest BCUT2D eigenvalue weighted by atomic mass is 16.2. The number of hydrogen-bond donors (Lipinski definition) is 5. The van der Waals surface area contributed by atoms with Crippen molar-refractivity contribution in [3.63, 3.8) is 0 Å². The lowest BCUT2D eigenvalue weighted by Gasteiger charge is -2.09. The summed E-state index contributed by atoms with van der Waals surface area (Å²) >= 11 is 0. The van der Waals surface area contributed by atoms with Crippen LogP contribution in [-0.2, 0) is 32.1 Å². The molecule has 0 saturated carbocycles. The predicted octanol–water partition coefficient (Wildman–Crippen LogP) is 40.1. The van der Waals surface area contributed by atoms with Crippen molar-refractivity contribution >= 4 is 118 Å². The lowest BCUT2D eigenvalue weighted by Crippen LogP contribution is -1.82. The summed E-state index contributed by atoms with van der Waals surface area (Å²) < 4.78 is 0. The number of aliphatic hydroxyl groups is 5. The van der Waals surface area contributed by atoms with Gasteiger partial charge in [0, 0.05) is 35.5 Å². The first kappa shape index (κ1) is 135. The lowest BCUT2D eigenvalue weighted by molar-refractivity contribution is 0.399. The Hall–Kier alpha value is -13.5. The van der Waals surface area contributed by atoms with Crippen LogP contribution in [0.5, 0.6) is 0 Å². The molecule has 0 heterocycles. The van der Waals surface area contributed by atoms with Gasteiger partial charge >= 0.3 is 0 Å². The van der Waals surface area contributed by atoms with Crippen LogP contribution in [-0.4, -0.2) is 61.1 Å². The van der Waals surface area contributed by atoms with Gasteiger partial charge in [0.05, 0.1) is 0 Å². The Morgan fingerprint density at radius 3 is 0.415 bits per heavy atom. The monoisotopic (exact) mass is 1910 g/mol. The predicted molar refractivity (Wildman–Crippen MR) is 649 cm³/mol. The van der Waals surface area contributed by atoms with Gasteiger partial charge in [-0.2, -0.15) is 0 Å². The number of fused-ring (bicyclic) bond motifs is 8. The number of hydrogen-bond acceptors (Lipinski definition) is 5. The maximum Gasteiger partial charge on any atom is 0.0319 e. The highest BCUT2D eigenvalue weighted by Crippen LogP contribution is 2.34. The molecule has 0 atom stereocenters. The Labute approximate surface area is 861 Å². The SMILES string of the molecule is CC.CC.CC.CC.CC.CC.CC.CC.CC.CC.CCc1cccc2ccccc12.CCc1cccc2ccccc12.CCc1ccccc1.CCc1ccccc1.CCc1ccccc1.CO.CO.CO.CO.CO.c1cc2ccc3cccc4ccc(c1)c2c34.c1ccc2cc3ccccc3cc2c1.c1ccc2cc3ccccc3cc2c1.c1ccc2ccccc2c1.c1ccc2ccccc2c1. The summed E-state index contributed by atoms with van der Waals surface area (Å²) in [4.78, 5) is 0. The molecule has 0 bridgehead atoms. The van der Waals surface area contributed by atoms with E-state index in [2.05, 4.69) is 471 Å². The van der Waals surface area contributed by atoms with Crippen molar-refractivity contribution < 1.29 is 25.5 Å². The minimum absolute atomic E-state index is 1.00. The van der Waals surface area contributed by atoms with Crippen LogP contribution in [0.15, 0.2) is 455 Å². The van der Waals surface area contributed by atoms with Crippen molar-refractivity contribution in [3.05, 3.63) is 483 Å². The summed E-state index contributed by atoms with van der Waals surface area (Å²) in [7, 11) is 5.00. The first-order valence-electron chi connectivity index (χ1n) is 51.9. The average molecular weight is 1910 g/mol. The molecule has 0 saturated heterocycles. The highest BCUT2D eigenvalue weighted by Gasteiger charge is 2.07. The summed E-state index contributed by atoms with van der Waals surface area (Å²) in [6.45, 7) is 50.9. The molecular formula is C137H180O5. The number of rotatable bonds is 5. The van der Waals surface area contributed by atoms with Crippen LogP contribution in [0.1, 0.15) is 201 Å². The molecule has 0 aliphatic carbocycles. The summed E-state index contributed by atoms with van der Waals surface area (Å²) in [6.07, 6.45) is 5.64. The molecule has 0 fully saturated rings. The Morgan fingerprint density at radius 1 is 0.120 bits per heavy atom. The molecule has 21 aromatic rings. The molecule has 0 unspecified atom stereocenters. The van der Waals surface area contributed by atoms with Crippen molar-refractivity contribution in [3.8, 4) is 0 Å². The molecule has 0 spiro atoms. The van der Waals surface area contributed by atoms with E-state index in [0.29, 0.717) is 0 Å². The molecular weight excluding hydrogens is 1730 g/mol. The average Bonchev–Trinajstić information content (AvgIpc) is 0.747. The fourth-order valence-corrected chi connectivity index (χ4v) is 14.0. The minimum atomic E-state index is 1.00. The zero-order valence-electron chi connectivity index (χ0n) is 92.6. The second-order valence-electron chi connectivity index (χ2n) is 27.6. The number of aliphatic hydroxyl groups excluding tert-OH is 5. The van der Waals surface area contributed by atoms with E-state index < -0.39 is 0 Å². The normalized spacial score (nSPS) is 8.81. The first-order valence-corrected chi connectivity index (χ1v) is 51.9. The fourth-order valence-electron chi connectivity index (χ4n) is 14.0. The van der Waals surface area contributed by atoms with Gasteiger partial charge in [0.1, 0.15) is 0 Å². The van der Waals surface area contributed by atoms with E-state index in [9.17, 15) is 0 Å². The molecule has 142 heavy (non-hydrogen) atoms. The van der Waals surface area contributed by atoms with Crippen LogP contribution in [0.25, 0.3) is 118 Å². The van der Waals surface area contributed by atoms with Crippen LogP contribution in [0.2, 0.25) is 0 Å². The van der Waals surface area contributed by atoms with E-state index in [1.165, 1.54) is 146 Å². The Morgan fingerprint density at radius 2 is 0.254 bits per heavy atom. The minimum Gasteiger partial charge on any atom is -0.400 e. The second-order valence-corrected chi connectivity index (χ2v) is 27.6. The zero-order chi connectivity index (χ0) is 107. The molecule has 21 rings (SSSR count). The Balaban J connectivity index is -0.000000727. The molecule has 5 nitrogen and oxygen atoms in total. The summed E-state index contributed by atoms with van der Waals surface area (Å²) in [6, 6.07) is 160. The third kappa shape index (κ3) is 49.6. The molecule has 0 aromatic heterocycles. The highest BCUT2D eigenvalue weighted by molar-refractivity contribution is 6.23. The quantitative estimate of drug-likeness (QED) is 0.0873. The number of aryl methyl sites for hydroxylation is 5. The van der Waals surface area contributed by atoms with Gasteiger partial charge in [-0.1, -0.05) is 604 Å². The van der Waals surface area contributed by atoms with E-state index in [1.807, 2.05) is 157 Å². The number of benzene rings is 21. The van der Waals surface area contributed by atoms with E-state index in [0.717, 1.165) is 67.7 Å². The van der Waals surface area contributed by atoms with Gasteiger partial charge in [0.25, 0.3) is 0 Å². The largest absolute Gasteiger partial charge is 0.400 e. The van der Waals surface area contributed by atoms with Crippen LogP contribution in [0.3, 0.4) is 0 Å². The van der Waals surface area contributed by atoms with Crippen LogP contribution >= 0.6 is 0 Å². The first-order chi connectivity index (χ1) is 70.4. The molecule has 0 amide bonds. The van der Waals surface area contributed by atoms with Crippen molar-refractivity contribution in [2.75, 3.05) is 35.5 Å². The van der Waals surface area contributed by atoms with Crippen LogP contribution in [0.4, 0.5) is 0 Å². The molecule has 0 aliphatic rings. The van der Waals surface area contributed by atoms with Crippen LogP contribution in [0, 0.1) is 0 Å². The van der Waals surface area contributed by atoms with Gasteiger partial charge < -0.3 is 25.5 Å².